The SMILES string of the molecule is C=CCn1c(=O)c2cnc(Nc3ccc(N4CCN(C)CC4)c(C)c3)nc2n1-c1cccc(CNS(=O)(=O)CC)n1. The number of nitrogens with one attached hydrogen (secondary N) is 2. The quantitative estimate of drug-likeness (QED) is 0.273. The molecule has 3 aromatic heterocycles. The molecule has 0 unspecified atom stereocenters. The Morgan fingerprint density at radius 1 is 1.10 bits per heavy atom. The largest absolute Gasteiger partial charge is 0.369 e. The number of nitrogens with zero attached hydrogens (tertiary/aromatic N) is 7. The Kier molecular flexibility index (Phi) is 8.20. The minimum Gasteiger partial charge on any atom is -0.369 e. The van der Waals surface area contributed by atoms with Gasteiger partial charge in [-0.25, -0.2) is 32.5 Å². The normalized spacial score (nSPS) is 14.5. The van der Waals surface area contributed by atoms with Gasteiger partial charge in [0.05, 0.1) is 24.5 Å². The third kappa shape index (κ3) is 6.16. The Morgan fingerprint density at radius 3 is 2.59 bits per heavy atom. The summed E-state index contributed by atoms with van der Waals surface area (Å²) in [5.74, 6) is 0.725. The number of pyridine rings is 1. The van der Waals surface area contributed by atoms with Crippen molar-refractivity contribution in [3.8, 4) is 5.82 Å². The Hall–Kier alpha value is -4.07. The van der Waals surface area contributed by atoms with Gasteiger partial charge in [-0.2, -0.15) is 4.98 Å². The smallest absolute Gasteiger partial charge is 0.278 e. The van der Waals surface area contributed by atoms with Crippen LogP contribution in [-0.4, -0.2) is 76.6 Å². The van der Waals surface area contributed by atoms with Gasteiger partial charge < -0.3 is 15.1 Å². The van der Waals surface area contributed by atoms with Crippen molar-refractivity contribution in [3.63, 3.8) is 0 Å². The lowest BCUT2D eigenvalue weighted by atomic mass is 10.1. The number of benzene rings is 1. The zero-order chi connectivity index (χ0) is 29.1. The maximum Gasteiger partial charge on any atom is 0.278 e. The number of hydrogen-bond acceptors (Lipinski definition) is 9. The summed E-state index contributed by atoms with van der Waals surface area (Å²) in [4.78, 5) is 31.8. The van der Waals surface area contributed by atoms with E-state index in [2.05, 4.69) is 62.5 Å². The molecule has 1 aliphatic heterocycles. The molecule has 0 saturated carbocycles. The average molecular weight is 578 g/mol. The number of sulfonamides is 1. The lowest BCUT2D eigenvalue weighted by Crippen LogP contribution is -2.44. The fourth-order valence-corrected chi connectivity index (χ4v) is 5.41. The molecule has 1 fully saturated rings. The number of aromatic nitrogens is 5. The maximum absolute atomic E-state index is 13.3. The Labute approximate surface area is 239 Å². The number of allylic oxidation sites excluding steroid dienone is 1. The number of rotatable bonds is 10. The Bertz CT molecular complexity index is 1740. The van der Waals surface area contributed by atoms with E-state index in [9.17, 15) is 13.2 Å². The van der Waals surface area contributed by atoms with Gasteiger partial charge in [0, 0.05) is 43.8 Å². The Balaban J connectivity index is 1.48. The molecule has 12 nitrogen and oxygen atoms in total. The van der Waals surface area contributed by atoms with E-state index < -0.39 is 10.0 Å². The predicted octanol–water partition coefficient (Wildman–Crippen LogP) is 2.41. The van der Waals surface area contributed by atoms with Crippen LogP contribution in [0, 0.1) is 6.92 Å². The molecule has 1 aliphatic rings. The van der Waals surface area contributed by atoms with E-state index in [-0.39, 0.29) is 24.4 Å². The van der Waals surface area contributed by atoms with Crippen molar-refractivity contribution in [1.82, 2.24) is 33.9 Å². The Morgan fingerprint density at radius 2 is 1.88 bits per heavy atom. The van der Waals surface area contributed by atoms with Crippen LogP contribution in [0.25, 0.3) is 16.9 Å². The summed E-state index contributed by atoms with van der Waals surface area (Å²) >= 11 is 0. The van der Waals surface area contributed by atoms with Gasteiger partial charge in [-0.1, -0.05) is 12.1 Å². The van der Waals surface area contributed by atoms with Gasteiger partial charge in [0.15, 0.2) is 11.5 Å². The molecular weight excluding hydrogens is 542 g/mol. The average Bonchev–Trinajstić information content (AvgIpc) is 3.23. The highest BCUT2D eigenvalue weighted by Crippen LogP contribution is 2.26. The minimum absolute atomic E-state index is 0.0279. The predicted molar refractivity (Wildman–Crippen MR) is 162 cm³/mol. The first-order chi connectivity index (χ1) is 19.7. The molecule has 0 atom stereocenters. The molecule has 0 radical (unpaired) electrons. The molecule has 0 aliphatic carbocycles. The molecule has 1 saturated heterocycles. The van der Waals surface area contributed by atoms with Gasteiger partial charge in [0.25, 0.3) is 5.56 Å². The van der Waals surface area contributed by atoms with Crippen LogP contribution in [0.3, 0.4) is 0 Å². The van der Waals surface area contributed by atoms with Crippen LogP contribution in [0.2, 0.25) is 0 Å². The molecule has 41 heavy (non-hydrogen) atoms. The number of aryl methyl sites for hydroxylation is 1. The van der Waals surface area contributed by atoms with Gasteiger partial charge in [-0.15, -0.1) is 6.58 Å². The lowest BCUT2D eigenvalue weighted by Gasteiger charge is -2.35. The number of piperazine rings is 1. The van der Waals surface area contributed by atoms with Gasteiger partial charge >= 0.3 is 0 Å². The number of fused-ring (bicyclic) bond motifs is 1. The van der Waals surface area contributed by atoms with Crippen LogP contribution in [0.4, 0.5) is 17.3 Å². The van der Waals surface area contributed by atoms with E-state index in [1.807, 2.05) is 6.07 Å². The summed E-state index contributed by atoms with van der Waals surface area (Å²) < 4.78 is 29.5. The fraction of sp³-hybridized carbons (Fsp3) is 0.357. The topological polar surface area (TPSA) is 130 Å². The second-order valence-corrected chi connectivity index (χ2v) is 12.1. The van der Waals surface area contributed by atoms with E-state index in [0.29, 0.717) is 28.5 Å². The number of hydrogen-bond donors (Lipinski definition) is 2. The second-order valence-electron chi connectivity index (χ2n) is 10.0. The van der Waals surface area contributed by atoms with Gasteiger partial charge in [0.1, 0.15) is 5.39 Å². The second kappa shape index (κ2) is 11.8. The standard InChI is InChI=1S/C28H35N9O3S/c1-5-12-36-27(38)23-19-29-28(32-21-10-11-24(20(3)17-21)35-15-13-34(4)14-16-35)33-26(23)37(36)25-9-7-8-22(31-25)18-30-41(39,40)6-2/h5,7-11,17,19,30H,1,6,12-16,18H2,2-4H3,(H,29,32,33). The van der Waals surface area contributed by atoms with Crippen molar-refractivity contribution in [2.45, 2.75) is 26.9 Å². The van der Waals surface area contributed by atoms with E-state index in [4.69, 9.17) is 4.98 Å². The van der Waals surface area contributed by atoms with Gasteiger partial charge in [-0.05, 0) is 56.8 Å². The third-order valence-corrected chi connectivity index (χ3v) is 8.48. The lowest BCUT2D eigenvalue weighted by molar-refractivity contribution is 0.312. The summed E-state index contributed by atoms with van der Waals surface area (Å²) in [5.41, 5.74) is 3.79. The molecule has 2 N–H and O–H groups in total. The molecule has 0 spiro atoms. The van der Waals surface area contributed by atoms with Crippen molar-refractivity contribution < 1.29 is 8.42 Å². The first-order valence-corrected chi connectivity index (χ1v) is 15.2. The van der Waals surface area contributed by atoms with E-state index in [0.717, 1.165) is 37.4 Å². The molecule has 1 aromatic carbocycles. The van der Waals surface area contributed by atoms with Crippen molar-refractivity contribution in [3.05, 3.63) is 76.9 Å². The highest BCUT2D eigenvalue weighted by atomic mass is 32.2. The van der Waals surface area contributed by atoms with E-state index in [1.165, 1.54) is 16.6 Å². The molecule has 216 valence electrons. The highest BCUT2D eigenvalue weighted by Gasteiger charge is 2.19. The van der Waals surface area contributed by atoms with E-state index in [1.54, 1.807) is 35.9 Å². The van der Waals surface area contributed by atoms with Crippen LogP contribution in [0.5, 0.6) is 0 Å². The molecule has 13 heteroatoms. The van der Waals surface area contributed by atoms with Crippen LogP contribution in [0.15, 0.2) is 60.0 Å². The van der Waals surface area contributed by atoms with Gasteiger partial charge in [0.2, 0.25) is 16.0 Å². The molecule has 4 heterocycles. The van der Waals surface area contributed by atoms with Crippen molar-refractivity contribution in [2.24, 2.45) is 0 Å². The molecular formula is C28H35N9O3S. The highest BCUT2D eigenvalue weighted by molar-refractivity contribution is 7.89. The summed E-state index contributed by atoms with van der Waals surface area (Å²) in [6, 6.07) is 11.4. The molecule has 0 amide bonds. The van der Waals surface area contributed by atoms with Gasteiger partial charge in [-0.3, -0.25) is 4.79 Å². The number of likely N-dealkylation sites (N-methyl/N-ethyl adjacent to an activating group) is 1. The summed E-state index contributed by atoms with van der Waals surface area (Å²) in [6.07, 6.45) is 3.13. The first-order valence-electron chi connectivity index (χ1n) is 13.5. The molecule has 4 aromatic rings. The first kappa shape index (κ1) is 28.5. The monoisotopic (exact) mass is 577 g/mol. The third-order valence-electron chi connectivity index (χ3n) is 7.14. The number of anilines is 3. The van der Waals surface area contributed by atoms with Crippen LogP contribution >= 0.6 is 0 Å². The summed E-state index contributed by atoms with van der Waals surface area (Å²) in [6.45, 7) is 11.7. The molecule has 5 rings (SSSR count). The van der Waals surface area contributed by atoms with Crippen molar-refractivity contribution in [2.75, 3.05) is 49.2 Å². The minimum atomic E-state index is -3.39. The van der Waals surface area contributed by atoms with Crippen LogP contribution in [0.1, 0.15) is 18.2 Å². The zero-order valence-electron chi connectivity index (χ0n) is 23.5. The molecule has 0 bridgehead atoms. The van der Waals surface area contributed by atoms with Crippen molar-refractivity contribution >= 4 is 38.4 Å². The maximum atomic E-state index is 13.3. The zero-order valence-corrected chi connectivity index (χ0v) is 24.4. The fourth-order valence-electron chi connectivity index (χ4n) is 4.84. The van der Waals surface area contributed by atoms with Crippen LogP contribution < -0.4 is 20.5 Å². The summed E-state index contributed by atoms with van der Waals surface area (Å²) in [5, 5.41) is 3.61. The van der Waals surface area contributed by atoms with E-state index >= 15 is 0 Å². The summed E-state index contributed by atoms with van der Waals surface area (Å²) in [7, 11) is -1.25. The van der Waals surface area contributed by atoms with Crippen LogP contribution in [-0.2, 0) is 23.1 Å². The van der Waals surface area contributed by atoms with Crippen molar-refractivity contribution in [1.29, 1.82) is 0 Å².